The van der Waals surface area contributed by atoms with Gasteiger partial charge in [-0.2, -0.15) is 13.2 Å². The van der Waals surface area contributed by atoms with Crippen LogP contribution in [0.5, 0.6) is 0 Å². The molecule has 7 heteroatoms. The fourth-order valence-electron chi connectivity index (χ4n) is 1.77. The normalized spacial score (nSPS) is 11.1. The van der Waals surface area contributed by atoms with E-state index in [-0.39, 0.29) is 12.2 Å². The van der Waals surface area contributed by atoms with Crippen molar-refractivity contribution in [1.29, 1.82) is 0 Å². The van der Waals surface area contributed by atoms with E-state index in [2.05, 4.69) is 10.6 Å². The number of amides is 2. The molecule has 0 aliphatic carbocycles. The van der Waals surface area contributed by atoms with Gasteiger partial charge in [0, 0.05) is 12.2 Å². The zero-order chi connectivity index (χ0) is 16.2. The molecular weight excluding hydrogens is 317 g/mol. The Hall–Kier alpha value is -2.21. The van der Waals surface area contributed by atoms with Crippen molar-refractivity contribution in [2.75, 3.05) is 5.32 Å². The van der Waals surface area contributed by atoms with Crippen LogP contribution >= 0.6 is 11.6 Å². The van der Waals surface area contributed by atoms with Gasteiger partial charge in [-0.25, -0.2) is 4.79 Å². The lowest BCUT2D eigenvalue weighted by Crippen LogP contribution is -2.28. The second kappa shape index (κ2) is 6.70. The standard InChI is InChI=1S/C15H12ClF3N2O/c16-13-7-6-11(8-12(13)15(17,18)19)21-14(22)20-9-10-4-2-1-3-5-10/h1-8H,9H2,(H2,20,21,22). The summed E-state index contributed by atoms with van der Waals surface area (Å²) in [5.74, 6) is 0. The molecule has 0 atom stereocenters. The third-order valence-corrected chi connectivity index (χ3v) is 3.16. The van der Waals surface area contributed by atoms with E-state index >= 15 is 0 Å². The third-order valence-electron chi connectivity index (χ3n) is 2.83. The smallest absolute Gasteiger partial charge is 0.334 e. The average Bonchev–Trinajstić information content (AvgIpc) is 2.47. The van der Waals surface area contributed by atoms with Crippen LogP contribution in [0.1, 0.15) is 11.1 Å². The number of carbonyl (C=O) groups excluding carboxylic acids is 1. The second-order valence-corrected chi connectivity index (χ2v) is 4.89. The minimum Gasteiger partial charge on any atom is -0.334 e. The molecule has 2 aromatic carbocycles. The monoisotopic (exact) mass is 328 g/mol. The van der Waals surface area contributed by atoms with Crippen LogP contribution in [0.3, 0.4) is 0 Å². The number of rotatable bonds is 3. The average molecular weight is 329 g/mol. The number of alkyl halides is 3. The lowest BCUT2D eigenvalue weighted by Gasteiger charge is -2.12. The predicted molar refractivity (Wildman–Crippen MR) is 78.8 cm³/mol. The van der Waals surface area contributed by atoms with Crippen LogP contribution in [0, 0.1) is 0 Å². The molecule has 0 aliphatic heterocycles. The van der Waals surface area contributed by atoms with Gasteiger partial charge in [-0.1, -0.05) is 41.9 Å². The topological polar surface area (TPSA) is 41.1 Å². The van der Waals surface area contributed by atoms with Crippen LogP contribution in [-0.2, 0) is 12.7 Å². The molecule has 2 amide bonds. The number of carbonyl (C=O) groups is 1. The first-order valence-corrected chi connectivity index (χ1v) is 6.69. The summed E-state index contributed by atoms with van der Waals surface area (Å²) in [5.41, 5.74) is -0.0953. The highest BCUT2D eigenvalue weighted by molar-refractivity contribution is 6.31. The molecule has 2 N–H and O–H groups in total. The van der Waals surface area contributed by atoms with E-state index in [0.29, 0.717) is 0 Å². The van der Waals surface area contributed by atoms with E-state index in [0.717, 1.165) is 17.7 Å². The molecule has 22 heavy (non-hydrogen) atoms. The maximum Gasteiger partial charge on any atom is 0.417 e. The van der Waals surface area contributed by atoms with Crippen molar-refractivity contribution in [3.63, 3.8) is 0 Å². The zero-order valence-electron chi connectivity index (χ0n) is 11.2. The Morgan fingerprint density at radius 1 is 1.09 bits per heavy atom. The van der Waals surface area contributed by atoms with Crippen LogP contribution in [0.2, 0.25) is 5.02 Å². The van der Waals surface area contributed by atoms with Gasteiger partial charge >= 0.3 is 12.2 Å². The van der Waals surface area contributed by atoms with Gasteiger partial charge in [0.2, 0.25) is 0 Å². The van der Waals surface area contributed by atoms with Crippen molar-refractivity contribution in [1.82, 2.24) is 5.32 Å². The van der Waals surface area contributed by atoms with E-state index in [1.54, 1.807) is 0 Å². The first kappa shape index (κ1) is 16.2. The van der Waals surface area contributed by atoms with Gasteiger partial charge in [0.15, 0.2) is 0 Å². The molecule has 116 valence electrons. The van der Waals surface area contributed by atoms with Gasteiger partial charge in [-0.15, -0.1) is 0 Å². The van der Waals surface area contributed by atoms with Crippen LogP contribution in [0.25, 0.3) is 0 Å². The van der Waals surface area contributed by atoms with Crippen LogP contribution < -0.4 is 10.6 Å². The quantitative estimate of drug-likeness (QED) is 0.844. The minimum absolute atomic E-state index is 0.0160. The molecule has 0 heterocycles. The molecule has 0 radical (unpaired) electrons. The number of anilines is 1. The molecule has 0 aliphatic rings. The SMILES string of the molecule is O=C(NCc1ccccc1)Nc1ccc(Cl)c(C(F)(F)F)c1. The lowest BCUT2D eigenvalue weighted by molar-refractivity contribution is -0.137. The van der Waals surface area contributed by atoms with Crippen molar-refractivity contribution in [2.45, 2.75) is 12.7 Å². The fourth-order valence-corrected chi connectivity index (χ4v) is 2.00. The summed E-state index contributed by atoms with van der Waals surface area (Å²) in [4.78, 5) is 11.7. The van der Waals surface area contributed by atoms with Crippen LogP contribution in [0.15, 0.2) is 48.5 Å². The minimum atomic E-state index is -4.57. The molecule has 0 fully saturated rings. The summed E-state index contributed by atoms with van der Waals surface area (Å²) in [6.45, 7) is 0.270. The van der Waals surface area contributed by atoms with E-state index in [9.17, 15) is 18.0 Å². The molecule has 0 unspecified atom stereocenters. The molecule has 2 rings (SSSR count). The second-order valence-electron chi connectivity index (χ2n) is 4.49. The Morgan fingerprint density at radius 2 is 1.77 bits per heavy atom. The number of urea groups is 1. The van der Waals surface area contributed by atoms with Gasteiger partial charge in [0.05, 0.1) is 10.6 Å². The maximum atomic E-state index is 12.7. The highest BCUT2D eigenvalue weighted by Crippen LogP contribution is 2.36. The van der Waals surface area contributed by atoms with E-state index < -0.39 is 22.8 Å². The summed E-state index contributed by atoms with van der Waals surface area (Å²) in [6.07, 6.45) is -4.57. The maximum absolute atomic E-state index is 12.7. The number of halogens is 4. The molecule has 0 bridgehead atoms. The van der Waals surface area contributed by atoms with Crippen molar-refractivity contribution in [2.24, 2.45) is 0 Å². The predicted octanol–water partition coefficient (Wildman–Crippen LogP) is 4.68. The van der Waals surface area contributed by atoms with Crippen molar-refractivity contribution in [3.8, 4) is 0 Å². The molecule has 0 saturated carbocycles. The van der Waals surface area contributed by atoms with Crippen molar-refractivity contribution >= 4 is 23.3 Å². The van der Waals surface area contributed by atoms with E-state index in [1.165, 1.54) is 6.07 Å². The third kappa shape index (κ3) is 4.39. The van der Waals surface area contributed by atoms with Gasteiger partial charge in [-0.05, 0) is 23.8 Å². The van der Waals surface area contributed by atoms with Gasteiger partial charge in [0.25, 0.3) is 0 Å². The van der Waals surface area contributed by atoms with Crippen LogP contribution in [0.4, 0.5) is 23.7 Å². The summed E-state index contributed by atoms with van der Waals surface area (Å²) >= 11 is 5.51. The number of nitrogens with one attached hydrogen (secondary N) is 2. The van der Waals surface area contributed by atoms with Gasteiger partial charge < -0.3 is 10.6 Å². The summed E-state index contributed by atoms with van der Waals surface area (Å²) in [5, 5.41) is 4.49. The number of hydrogen-bond acceptors (Lipinski definition) is 1. The highest BCUT2D eigenvalue weighted by Gasteiger charge is 2.33. The molecule has 0 spiro atoms. The molecule has 0 saturated heterocycles. The molecule has 3 nitrogen and oxygen atoms in total. The van der Waals surface area contributed by atoms with Gasteiger partial charge in [-0.3, -0.25) is 0 Å². The molecule has 2 aromatic rings. The van der Waals surface area contributed by atoms with E-state index in [1.807, 2.05) is 30.3 Å². The fraction of sp³-hybridized carbons (Fsp3) is 0.133. The van der Waals surface area contributed by atoms with Crippen molar-refractivity contribution < 1.29 is 18.0 Å². The first-order valence-electron chi connectivity index (χ1n) is 6.32. The Kier molecular flexibility index (Phi) is 4.92. The number of hydrogen-bond donors (Lipinski definition) is 2. The first-order chi connectivity index (χ1) is 10.4. The number of benzene rings is 2. The van der Waals surface area contributed by atoms with E-state index in [4.69, 9.17) is 11.6 Å². The largest absolute Gasteiger partial charge is 0.417 e. The van der Waals surface area contributed by atoms with Crippen molar-refractivity contribution in [3.05, 3.63) is 64.7 Å². The Morgan fingerprint density at radius 3 is 2.41 bits per heavy atom. The summed E-state index contributed by atoms with van der Waals surface area (Å²) < 4.78 is 38.2. The highest BCUT2D eigenvalue weighted by atomic mass is 35.5. The zero-order valence-corrected chi connectivity index (χ0v) is 12.0. The molecular formula is C15H12ClF3N2O. The van der Waals surface area contributed by atoms with Crippen LogP contribution in [-0.4, -0.2) is 6.03 Å². The Balaban J connectivity index is 2.00. The molecule has 0 aromatic heterocycles. The Bertz CT molecular complexity index is 660. The Labute approximate surface area is 130 Å². The van der Waals surface area contributed by atoms with Gasteiger partial charge in [0.1, 0.15) is 0 Å². The summed E-state index contributed by atoms with van der Waals surface area (Å²) in [7, 11) is 0. The lowest BCUT2D eigenvalue weighted by atomic mass is 10.2. The summed E-state index contributed by atoms with van der Waals surface area (Å²) in [6, 6.07) is 11.7.